The zero-order valence-corrected chi connectivity index (χ0v) is 26.2. The highest BCUT2D eigenvalue weighted by Crippen LogP contribution is 2.32. The van der Waals surface area contributed by atoms with E-state index in [1.165, 1.54) is 49.5 Å². The van der Waals surface area contributed by atoms with Crippen LogP contribution in [-0.2, 0) is 26.2 Å². The number of halogens is 1. The summed E-state index contributed by atoms with van der Waals surface area (Å²) in [7, 11) is -1.43. The van der Waals surface area contributed by atoms with Gasteiger partial charge in [0, 0.05) is 24.2 Å². The van der Waals surface area contributed by atoms with Crippen molar-refractivity contribution in [1.82, 2.24) is 10.2 Å². The second-order valence-electron chi connectivity index (χ2n) is 9.73. The topological polar surface area (TPSA) is 105 Å². The molecule has 0 radical (unpaired) electrons. The van der Waals surface area contributed by atoms with Crippen molar-refractivity contribution < 1.29 is 27.5 Å². The molecule has 0 aliphatic heterocycles. The molecule has 0 aliphatic rings. The molecule has 3 aromatic rings. The van der Waals surface area contributed by atoms with Crippen molar-refractivity contribution in [3.05, 3.63) is 82.9 Å². The fraction of sp³-hybridized carbons (Fsp3) is 0.355. The molecule has 0 bridgehead atoms. The summed E-state index contributed by atoms with van der Waals surface area (Å²) in [6.45, 7) is 5.77. The van der Waals surface area contributed by atoms with Crippen molar-refractivity contribution in [1.29, 1.82) is 0 Å². The fourth-order valence-corrected chi connectivity index (χ4v) is 5.97. The van der Waals surface area contributed by atoms with Crippen LogP contribution in [0.1, 0.15) is 37.8 Å². The Labute approximate surface area is 253 Å². The third-order valence-electron chi connectivity index (χ3n) is 6.75. The maximum absolute atomic E-state index is 14.1. The Morgan fingerprint density at radius 2 is 1.57 bits per heavy atom. The van der Waals surface area contributed by atoms with Gasteiger partial charge in [-0.15, -0.1) is 0 Å². The van der Waals surface area contributed by atoms with E-state index in [1.807, 2.05) is 45.0 Å². The first-order valence-electron chi connectivity index (χ1n) is 13.7. The summed E-state index contributed by atoms with van der Waals surface area (Å²) in [4.78, 5) is 28.7. The van der Waals surface area contributed by atoms with Gasteiger partial charge in [-0.05, 0) is 61.7 Å². The predicted molar refractivity (Wildman–Crippen MR) is 165 cm³/mol. The zero-order chi connectivity index (χ0) is 30.9. The largest absolute Gasteiger partial charge is 0.493 e. The molecule has 0 fully saturated rings. The predicted octanol–water partition coefficient (Wildman–Crippen LogP) is 5.19. The van der Waals surface area contributed by atoms with E-state index in [-0.39, 0.29) is 28.8 Å². The normalized spacial score (nSPS) is 11.9. The van der Waals surface area contributed by atoms with Gasteiger partial charge in [0.2, 0.25) is 11.8 Å². The Morgan fingerprint density at radius 3 is 2.14 bits per heavy atom. The van der Waals surface area contributed by atoms with Gasteiger partial charge < -0.3 is 19.7 Å². The van der Waals surface area contributed by atoms with Crippen LogP contribution in [0.5, 0.6) is 11.5 Å². The number of carbonyl (C=O) groups excluding carboxylic acids is 2. The molecule has 0 saturated heterocycles. The van der Waals surface area contributed by atoms with E-state index in [4.69, 9.17) is 21.1 Å². The number of rotatable bonds is 14. The Bertz CT molecular complexity index is 1460. The van der Waals surface area contributed by atoms with Gasteiger partial charge in [-0.3, -0.25) is 13.9 Å². The van der Waals surface area contributed by atoms with Gasteiger partial charge in [0.1, 0.15) is 12.6 Å². The summed E-state index contributed by atoms with van der Waals surface area (Å²) >= 11 is 6.10. The number of aryl methyl sites for hydroxylation is 1. The first kappa shape index (κ1) is 32.8. The van der Waals surface area contributed by atoms with Crippen LogP contribution in [-0.4, -0.2) is 58.5 Å². The van der Waals surface area contributed by atoms with Crippen LogP contribution < -0.4 is 19.1 Å². The minimum Gasteiger partial charge on any atom is -0.493 e. The molecule has 3 aromatic carbocycles. The van der Waals surface area contributed by atoms with Crippen LogP contribution in [0.3, 0.4) is 0 Å². The molecule has 0 aliphatic carbocycles. The number of ether oxygens (including phenoxy) is 2. The number of methoxy groups -OCH3 is 2. The minimum absolute atomic E-state index is 0.0966. The van der Waals surface area contributed by atoms with E-state index in [0.717, 1.165) is 21.9 Å². The lowest BCUT2D eigenvalue weighted by Gasteiger charge is -2.33. The number of amides is 2. The van der Waals surface area contributed by atoms with Crippen LogP contribution in [0.4, 0.5) is 5.69 Å². The van der Waals surface area contributed by atoms with Gasteiger partial charge >= 0.3 is 0 Å². The van der Waals surface area contributed by atoms with Crippen LogP contribution in [0, 0.1) is 6.92 Å². The monoisotopic (exact) mass is 615 g/mol. The van der Waals surface area contributed by atoms with Crippen LogP contribution in [0.25, 0.3) is 0 Å². The summed E-state index contributed by atoms with van der Waals surface area (Å²) < 4.78 is 39.8. The van der Waals surface area contributed by atoms with Crippen molar-refractivity contribution in [2.75, 3.05) is 31.6 Å². The standard InChI is InChI=1S/C31H38ClN3O6S/c1-6-18-33-31(37)27(7-2)34(20-23-10-8-22(3)9-11-23)30(36)21-35(25-14-12-24(32)13-15-25)42(38,39)26-16-17-28(40-4)29(19-26)41-5/h8-17,19,27H,6-7,18,20-21H2,1-5H3,(H,33,37)/t27-/m0/s1. The highest BCUT2D eigenvalue weighted by atomic mass is 35.5. The summed E-state index contributed by atoms with van der Waals surface area (Å²) in [5.41, 5.74) is 2.11. The molecule has 0 saturated carbocycles. The van der Waals surface area contributed by atoms with Crippen LogP contribution >= 0.6 is 11.6 Å². The van der Waals surface area contributed by atoms with Crippen molar-refractivity contribution in [2.45, 2.75) is 51.1 Å². The molecule has 3 rings (SSSR count). The number of carbonyl (C=O) groups is 2. The number of sulfonamides is 1. The number of benzene rings is 3. The molecule has 1 N–H and O–H groups in total. The van der Waals surface area contributed by atoms with Gasteiger partial charge in [0.05, 0.1) is 24.8 Å². The number of nitrogens with zero attached hydrogens (tertiary/aromatic N) is 2. The van der Waals surface area contributed by atoms with Crippen LogP contribution in [0.2, 0.25) is 5.02 Å². The SMILES string of the molecule is CCCNC(=O)[C@H](CC)N(Cc1ccc(C)cc1)C(=O)CN(c1ccc(Cl)cc1)S(=O)(=O)c1ccc(OC)c(OC)c1. The highest BCUT2D eigenvalue weighted by Gasteiger charge is 2.34. The molecule has 2 amide bonds. The summed E-state index contributed by atoms with van der Waals surface area (Å²) in [5.74, 6) is -0.243. The average molecular weight is 616 g/mol. The first-order chi connectivity index (χ1) is 20.0. The van der Waals surface area contributed by atoms with E-state index in [0.29, 0.717) is 23.7 Å². The van der Waals surface area contributed by atoms with Crippen molar-refractivity contribution in [3.8, 4) is 11.5 Å². The Morgan fingerprint density at radius 1 is 0.929 bits per heavy atom. The molecule has 42 heavy (non-hydrogen) atoms. The number of anilines is 1. The fourth-order valence-electron chi connectivity index (χ4n) is 4.42. The molecule has 1 atom stereocenters. The maximum Gasteiger partial charge on any atom is 0.264 e. The van der Waals surface area contributed by atoms with E-state index < -0.39 is 28.5 Å². The van der Waals surface area contributed by atoms with Gasteiger partial charge in [-0.2, -0.15) is 0 Å². The lowest BCUT2D eigenvalue weighted by molar-refractivity contribution is -0.140. The van der Waals surface area contributed by atoms with Gasteiger partial charge in [-0.25, -0.2) is 8.42 Å². The van der Waals surface area contributed by atoms with Crippen LogP contribution in [0.15, 0.2) is 71.6 Å². The summed E-state index contributed by atoms with van der Waals surface area (Å²) in [6.07, 6.45) is 1.08. The first-order valence-corrected chi connectivity index (χ1v) is 15.5. The molecule has 0 unspecified atom stereocenters. The van der Waals surface area contributed by atoms with E-state index in [9.17, 15) is 18.0 Å². The quantitative estimate of drug-likeness (QED) is 0.267. The minimum atomic E-state index is -4.29. The van der Waals surface area contributed by atoms with E-state index in [2.05, 4.69) is 5.32 Å². The maximum atomic E-state index is 14.1. The second kappa shape index (κ2) is 14.9. The van der Waals surface area contributed by atoms with Crippen molar-refractivity contribution in [2.24, 2.45) is 0 Å². The van der Waals surface area contributed by atoms with Crippen molar-refractivity contribution >= 4 is 39.1 Å². The number of hydrogen-bond donors (Lipinski definition) is 1. The molecule has 11 heteroatoms. The Kier molecular flexibility index (Phi) is 11.6. The molecular formula is C31H38ClN3O6S. The Hall–Kier alpha value is -3.76. The van der Waals surface area contributed by atoms with Gasteiger partial charge in [0.15, 0.2) is 11.5 Å². The average Bonchev–Trinajstić information content (AvgIpc) is 2.99. The van der Waals surface area contributed by atoms with E-state index in [1.54, 1.807) is 12.1 Å². The molecular weight excluding hydrogens is 578 g/mol. The lowest BCUT2D eigenvalue weighted by Crippen LogP contribution is -2.52. The molecule has 226 valence electrons. The third kappa shape index (κ3) is 7.95. The second-order valence-corrected chi connectivity index (χ2v) is 12.0. The molecule has 9 nitrogen and oxygen atoms in total. The smallest absolute Gasteiger partial charge is 0.264 e. The molecule has 0 aromatic heterocycles. The molecule has 0 heterocycles. The lowest BCUT2D eigenvalue weighted by atomic mass is 10.1. The van der Waals surface area contributed by atoms with E-state index >= 15 is 0 Å². The Balaban J connectivity index is 2.08. The van der Waals surface area contributed by atoms with Crippen molar-refractivity contribution in [3.63, 3.8) is 0 Å². The summed E-state index contributed by atoms with van der Waals surface area (Å²) in [6, 6.07) is 17.2. The van der Waals surface area contributed by atoms with Gasteiger partial charge in [-0.1, -0.05) is 55.3 Å². The zero-order valence-electron chi connectivity index (χ0n) is 24.6. The third-order valence-corrected chi connectivity index (χ3v) is 8.77. The van der Waals surface area contributed by atoms with Gasteiger partial charge in [0.25, 0.3) is 10.0 Å². The molecule has 0 spiro atoms. The number of nitrogens with one attached hydrogen (secondary N) is 1. The summed E-state index contributed by atoms with van der Waals surface area (Å²) in [5, 5.41) is 3.29. The highest BCUT2D eigenvalue weighted by molar-refractivity contribution is 7.92. The number of hydrogen-bond acceptors (Lipinski definition) is 6.